The maximum atomic E-state index is 6.15. The summed E-state index contributed by atoms with van der Waals surface area (Å²) in [4.78, 5) is 24.3. The molecule has 27 heavy (non-hydrogen) atoms. The molecular formula is C23H46O4. The topological polar surface area (TPSA) is 36.9 Å². The highest BCUT2D eigenvalue weighted by atomic mass is 17.3. The molecule has 1 atom stereocenters. The molecule has 0 N–H and O–H groups in total. The van der Waals surface area contributed by atoms with Crippen LogP contribution in [0, 0.1) is 11.3 Å². The van der Waals surface area contributed by atoms with Crippen LogP contribution in [0.5, 0.6) is 0 Å². The highest BCUT2D eigenvalue weighted by Gasteiger charge is 2.54. The summed E-state index contributed by atoms with van der Waals surface area (Å²) in [5.41, 5.74) is -0.890. The van der Waals surface area contributed by atoms with Gasteiger partial charge in [-0.25, -0.2) is 9.78 Å². The Bertz CT molecular complexity index is 404. The molecule has 1 saturated carbocycles. The predicted molar refractivity (Wildman–Crippen MR) is 111 cm³/mol. The van der Waals surface area contributed by atoms with Gasteiger partial charge >= 0.3 is 0 Å². The summed E-state index contributed by atoms with van der Waals surface area (Å²) < 4.78 is 0. The molecule has 0 aromatic rings. The van der Waals surface area contributed by atoms with Gasteiger partial charge in [-0.3, -0.25) is 0 Å². The third-order valence-electron chi connectivity index (χ3n) is 5.92. The Kier molecular flexibility index (Phi) is 9.26. The second-order valence-electron chi connectivity index (χ2n) is 10.5. The smallest absolute Gasteiger partial charge is 0.228 e. The van der Waals surface area contributed by atoms with E-state index in [0.29, 0.717) is 5.92 Å². The normalized spacial score (nSPS) is 22.8. The van der Waals surface area contributed by atoms with E-state index in [-0.39, 0.29) is 16.6 Å². The van der Waals surface area contributed by atoms with Crippen LogP contribution in [-0.2, 0) is 19.6 Å². The molecule has 1 unspecified atom stereocenters. The Morgan fingerprint density at radius 1 is 0.852 bits per heavy atom. The zero-order valence-corrected chi connectivity index (χ0v) is 19.6. The third kappa shape index (κ3) is 7.64. The van der Waals surface area contributed by atoms with Crippen LogP contribution >= 0.6 is 0 Å². The zero-order valence-electron chi connectivity index (χ0n) is 19.6. The van der Waals surface area contributed by atoms with Crippen molar-refractivity contribution in [2.75, 3.05) is 0 Å². The summed E-state index contributed by atoms with van der Waals surface area (Å²) >= 11 is 0. The zero-order chi connectivity index (χ0) is 20.8. The van der Waals surface area contributed by atoms with Gasteiger partial charge in [-0.2, -0.15) is 9.78 Å². The molecule has 1 fully saturated rings. The van der Waals surface area contributed by atoms with Crippen molar-refractivity contribution in [1.82, 2.24) is 0 Å². The lowest BCUT2D eigenvalue weighted by Crippen LogP contribution is -2.55. The SMILES string of the molecule is CCCCC(C)(C)OOC1(OOC(C)(C)CCCC)CCC(C)CC1(C)C. The first-order chi connectivity index (χ1) is 12.4. The predicted octanol–water partition coefficient (Wildman–Crippen LogP) is 7.36. The van der Waals surface area contributed by atoms with Crippen molar-refractivity contribution in [2.24, 2.45) is 11.3 Å². The second kappa shape index (κ2) is 10.0. The van der Waals surface area contributed by atoms with Crippen molar-refractivity contribution in [3.63, 3.8) is 0 Å². The van der Waals surface area contributed by atoms with Crippen LogP contribution in [0.25, 0.3) is 0 Å². The molecule has 1 rings (SSSR count). The van der Waals surface area contributed by atoms with Crippen LogP contribution < -0.4 is 0 Å². The molecule has 1 aliphatic rings. The maximum absolute atomic E-state index is 6.15. The van der Waals surface area contributed by atoms with E-state index in [2.05, 4.69) is 62.3 Å². The molecule has 162 valence electrons. The molecule has 0 spiro atoms. The van der Waals surface area contributed by atoms with E-state index in [9.17, 15) is 0 Å². The van der Waals surface area contributed by atoms with E-state index < -0.39 is 5.79 Å². The van der Waals surface area contributed by atoms with Crippen molar-refractivity contribution in [2.45, 2.75) is 137 Å². The fraction of sp³-hybridized carbons (Fsp3) is 1.00. The minimum absolute atomic E-state index is 0.202. The number of rotatable bonds is 12. The molecule has 0 aliphatic heterocycles. The molecule has 0 heterocycles. The van der Waals surface area contributed by atoms with Crippen LogP contribution in [0.1, 0.15) is 120 Å². The standard InChI is InChI=1S/C23H46O4/c1-10-12-15-21(6,7)24-26-23(17-14-19(3)18-20(23,4)5)27-25-22(8,9)16-13-11-2/h19H,10-18H2,1-9H3. The minimum atomic E-state index is -0.882. The fourth-order valence-electron chi connectivity index (χ4n) is 3.87. The van der Waals surface area contributed by atoms with Gasteiger partial charge in [0, 0.05) is 11.8 Å². The summed E-state index contributed by atoms with van der Waals surface area (Å²) in [6.07, 6.45) is 9.27. The van der Waals surface area contributed by atoms with E-state index in [1.807, 2.05) is 0 Å². The van der Waals surface area contributed by atoms with Crippen LogP contribution in [0.2, 0.25) is 0 Å². The Balaban J connectivity index is 2.90. The van der Waals surface area contributed by atoms with Gasteiger partial charge in [0.25, 0.3) is 0 Å². The molecular weight excluding hydrogens is 340 g/mol. The Labute approximate surface area is 168 Å². The first-order valence-electron chi connectivity index (χ1n) is 11.1. The van der Waals surface area contributed by atoms with Crippen molar-refractivity contribution < 1.29 is 19.6 Å². The highest BCUT2D eigenvalue weighted by Crippen LogP contribution is 2.50. The second-order valence-corrected chi connectivity index (χ2v) is 10.5. The van der Waals surface area contributed by atoms with Crippen LogP contribution in [0.15, 0.2) is 0 Å². The molecule has 0 amide bonds. The number of hydrogen-bond donors (Lipinski definition) is 0. The van der Waals surface area contributed by atoms with E-state index in [4.69, 9.17) is 19.6 Å². The third-order valence-corrected chi connectivity index (χ3v) is 5.92. The Morgan fingerprint density at radius 3 is 1.67 bits per heavy atom. The Morgan fingerprint density at radius 2 is 1.30 bits per heavy atom. The Hall–Kier alpha value is -0.160. The summed E-state index contributed by atoms with van der Waals surface area (Å²) in [5.74, 6) is -0.242. The first-order valence-corrected chi connectivity index (χ1v) is 11.1. The molecule has 0 radical (unpaired) electrons. The average molecular weight is 387 g/mol. The van der Waals surface area contributed by atoms with E-state index >= 15 is 0 Å². The average Bonchev–Trinajstić information content (AvgIpc) is 2.56. The lowest BCUT2D eigenvalue weighted by molar-refractivity contribution is -0.569. The molecule has 4 heteroatoms. The van der Waals surface area contributed by atoms with Gasteiger partial charge in [-0.15, -0.1) is 0 Å². The van der Waals surface area contributed by atoms with E-state index in [1.165, 1.54) is 0 Å². The molecule has 4 nitrogen and oxygen atoms in total. The largest absolute Gasteiger partial charge is 0.239 e. The number of hydrogen-bond acceptors (Lipinski definition) is 4. The van der Waals surface area contributed by atoms with Gasteiger partial charge in [-0.05, 0) is 59.3 Å². The quantitative estimate of drug-likeness (QED) is 0.199. The highest BCUT2D eigenvalue weighted by molar-refractivity contribution is 4.92. The summed E-state index contributed by atoms with van der Waals surface area (Å²) in [5, 5.41) is 0. The number of unbranched alkanes of at least 4 members (excludes halogenated alkanes) is 2. The van der Waals surface area contributed by atoms with Gasteiger partial charge in [0.1, 0.15) is 0 Å². The molecule has 0 aromatic carbocycles. The van der Waals surface area contributed by atoms with Crippen LogP contribution in [0.4, 0.5) is 0 Å². The first kappa shape index (κ1) is 24.9. The van der Waals surface area contributed by atoms with Gasteiger partial charge in [0.05, 0.1) is 11.2 Å². The van der Waals surface area contributed by atoms with Crippen molar-refractivity contribution in [1.29, 1.82) is 0 Å². The van der Waals surface area contributed by atoms with E-state index in [0.717, 1.165) is 57.8 Å². The lowest BCUT2D eigenvalue weighted by atomic mass is 9.68. The summed E-state index contributed by atoms with van der Waals surface area (Å²) in [6, 6.07) is 0. The van der Waals surface area contributed by atoms with Gasteiger partial charge in [0.15, 0.2) is 0 Å². The molecule has 1 aliphatic carbocycles. The lowest BCUT2D eigenvalue weighted by Gasteiger charge is -2.49. The van der Waals surface area contributed by atoms with Crippen molar-refractivity contribution in [3.8, 4) is 0 Å². The summed E-state index contributed by atoms with van der Waals surface area (Å²) in [6.45, 7) is 19.4. The van der Waals surface area contributed by atoms with Crippen molar-refractivity contribution >= 4 is 0 Å². The van der Waals surface area contributed by atoms with Crippen LogP contribution in [0.3, 0.4) is 0 Å². The molecule has 0 bridgehead atoms. The summed E-state index contributed by atoms with van der Waals surface area (Å²) in [7, 11) is 0. The van der Waals surface area contributed by atoms with Gasteiger partial charge in [-0.1, -0.05) is 60.3 Å². The minimum Gasteiger partial charge on any atom is -0.228 e. The van der Waals surface area contributed by atoms with E-state index in [1.54, 1.807) is 0 Å². The fourth-order valence-corrected chi connectivity index (χ4v) is 3.87. The molecule has 0 aromatic heterocycles. The maximum Gasteiger partial charge on any atom is 0.239 e. The van der Waals surface area contributed by atoms with Gasteiger partial charge in [0.2, 0.25) is 5.79 Å². The molecule has 0 saturated heterocycles. The van der Waals surface area contributed by atoms with Gasteiger partial charge < -0.3 is 0 Å². The van der Waals surface area contributed by atoms with Crippen molar-refractivity contribution in [3.05, 3.63) is 0 Å². The monoisotopic (exact) mass is 386 g/mol. The van der Waals surface area contributed by atoms with Crippen LogP contribution in [-0.4, -0.2) is 17.0 Å².